The van der Waals surface area contributed by atoms with Gasteiger partial charge < -0.3 is 10.2 Å². The van der Waals surface area contributed by atoms with Crippen LogP contribution in [0.1, 0.15) is 64.1 Å². The Balaban J connectivity index is 1.39. The summed E-state index contributed by atoms with van der Waals surface area (Å²) in [6, 6.07) is 3.38. The van der Waals surface area contributed by atoms with Gasteiger partial charge in [-0.3, -0.25) is 9.89 Å². The van der Waals surface area contributed by atoms with E-state index in [1.54, 1.807) is 0 Å². The Kier molecular flexibility index (Phi) is 6.54. The number of nitrogens with zero attached hydrogens (tertiary/aromatic N) is 3. The number of nitrogens with one attached hydrogen (secondary N) is 2. The molecule has 2 aliphatic carbocycles. The van der Waals surface area contributed by atoms with E-state index in [2.05, 4.69) is 34.3 Å². The second-order valence-electron chi connectivity index (χ2n) is 10.4. The summed E-state index contributed by atoms with van der Waals surface area (Å²) in [7, 11) is 1.88. The zero-order valence-corrected chi connectivity index (χ0v) is 19.8. The molecule has 1 fully saturated rings. The van der Waals surface area contributed by atoms with Crippen LogP contribution in [0, 0.1) is 23.2 Å². The van der Waals surface area contributed by atoms with Gasteiger partial charge in [-0.25, -0.2) is 4.98 Å². The van der Waals surface area contributed by atoms with Gasteiger partial charge in [0.05, 0.1) is 5.69 Å². The Morgan fingerprint density at radius 2 is 2.03 bits per heavy atom. The first-order chi connectivity index (χ1) is 15.3. The zero-order chi connectivity index (χ0) is 22.9. The first-order valence-corrected chi connectivity index (χ1v) is 12.0. The van der Waals surface area contributed by atoms with Crippen molar-refractivity contribution >= 4 is 11.7 Å². The molecule has 0 aliphatic heterocycles. The fourth-order valence-corrected chi connectivity index (χ4v) is 5.14. The molecule has 2 aromatic rings. The number of anilines is 1. The predicted molar refractivity (Wildman–Crippen MR) is 125 cm³/mol. The Bertz CT molecular complexity index is 961. The minimum Gasteiger partial charge on any atom is -0.370 e. The number of hydrogen-bond donors (Lipinski definition) is 2. The maximum absolute atomic E-state index is 14.4. The normalized spacial score (nSPS) is 22.3. The van der Waals surface area contributed by atoms with Gasteiger partial charge in [0.25, 0.3) is 0 Å². The summed E-state index contributed by atoms with van der Waals surface area (Å²) in [5.74, 6) is 0.943. The van der Waals surface area contributed by atoms with Crippen LogP contribution in [0.2, 0.25) is 0 Å². The highest BCUT2D eigenvalue weighted by atomic mass is 19.1. The lowest BCUT2D eigenvalue weighted by molar-refractivity contribution is -0.135. The molecule has 32 heavy (non-hydrogen) atoms. The summed E-state index contributed by atoms with van der Waals surface area (Å²) in [4.78, 5) is 18.3. The molecule has 174 valence electrons. The molecule has 0 spiro atoms. The van der Waals surface area contributed by atoms with Gasteiger partial charge in [-0.2, -0.15) is 9.49 Å². The van der Waals surface area contributed by atoms with E-state index in [1.807, 2.05) is 24.9 Å². The smallest absolute Gasteiger partial charge is 0.225 e. The van der Waals surface area contributed by atoms with E-state index in [0.29, 0.717) is 11.7 Å². The lowest BCUT2D eigenvalue weighted by Gasteiger charge is -2.30. The monoisotopic (exact) mass is 441 g/mol. The number of carbonyl (C=O) groups excluding carboxylic acids is 1. The molecule has 2 aliphatic rings. The molecule has 1 amide bonds. The van der Waals surface area contributed by atoms with Gasteiger partial charge in [-0.15, -0.1) is 0 Å². The quantitative estimate of drug-likeness (QED) is 0.630. The van der Waals surface area contributed by atoms with Crippen molar-refractivity contribution in [3.8, 4) is 11.3 Å². The van der Waals surface area contributed by atoms with Crippen molar-refractivity contribution in [2.24, 2.45) is 17.3 Å². The lowest BCUT2D eigenvalue weighted by atomic mass is 9.76. The van der Waals surface area contributed by atoms with Gasteiger partial charge in [0.15, 0.2) is 0 Å². The van der Waals surface area contributed by atoms with Crippen LogP contribution in [0.3, 0.4) is 0 Å². The van der Waals surface area contributed by atoms with Crippen LogP contribution in [0.15, 0.2) is 12.1 Å². The Morgan fingerprint density at radius 3 is 2.75 bits per heavy atom. The fraction of sp³-hybridized carbons (Fsp3) is 0.640. The summed E-state index contributed by atoms with van der Waals surface area (Å²) < 4.78 is 14.4. The Morgan fingerprint density at radius 1 is 1.28 bits per heavy atom. The molecule has 2 heterocycles. The second kappa shape index (κ2) is 9.20. The van der Waals surface area contributed by atoms with Crippen molar-refractivity contribution < 1.29 is 9.18 Å². The number of aromatic amines is 1. The molecule has 7 heteroatoms. The summed E-state index contributed by atoms with van der Waals surface area (Å²) in [6.45, 7) is 8.05. The van der Waals surface area contributed by atoms with Gasteiger partial charge in [-0.05, 0) is 69.3 Å². The van der Waals surface area contributed by atoms with Crippen molar-refractivity contribution in [1.82, 2.24) is 20.1 Å². The zero-order valence-electron chi connectivity index (χ0n) is 19.8. The molecular weight excluding hydrogens is 405 g/mol. The largest absolute Gasteiger partial charge is 0.370 e. The Labute approximate surface area is 190 Å². The van der Waals surface area contributed by atoms with Gasteiger partial charge in [0.1, 0.15) is 5.82 Å². The number of fused-ring (bicyclic) bond motifs is 1. The Hall–Kier alpha value is -2.44. The molecule has 0 saturated heterocycles. The molecule has 0 unspecified atom stereocenters. The third kappa shape index (κ3) is 4.97. The average molecular weight is 442 g/mol. The molecule has 4 rings (SSSR count). The minimum absolute atomic E-state index is 0.144. The average Bonchev–Trinajstić information content (AvgIpc) is 3.18. The SMILES string of the molecule is CCN(C)C(=O)C1CCC(CNc2cc(-c3n[nH]c4c3CCC(C)(C)C4)cc(F)n2)CC1. The molecule has 0 bridgehead atoms. The number of carbonyl (C=O) groups is 1. The fourth-order valence-electron chi connectivity index (χ4n) is 5.14. The van der Waals surface area contributed by atoms with Crippen LogP contribution in [0.25, 0.3) is 11.3 Å². The summed E-state index contributed by atoms with van der Waals surface area (Å²) in [6.07, 6.45) is 6.88. The van der Waals surface area contributed by atoms with Crippen LogP contribution in [0.5, 0.6) is 0 Å². The van der Waals surface area contributed by atoms with Crippen LogP contribution in [-0.2, 0) is 17.6 Å². The number of H-pyrrole nitrogens is 1. The lowest BCUT2D eigenvalue weighted by Crippen LogP contribution is -2.35. The molecular formula is C25H36FN5O. The van der Waals surface area contributed by atoms with Crippen molar-refractivity contribution in [3.63, 3.8) is 0 Å². The van der Waals surface area contributed by atoms with Gasteiger partial charge >= 0.3 is 0 Å². The first kappa shape index (κ1) is 22.7. The minimum atomic E-state index is -0.491. The first-order valence-electron chi connectivity index (χ1n) is 12.0. The standard InChI is InChI=1S/C25H36FN5O/c1-5-31(4)24(32)17-8-6-16(7-9-17)15-27-22-13-18(12-21(26)28-22)23-19-10-11-25(2,3)14-20(19)29-30-23/h12-13,16-17H,5-11,14-15H2,1-4H3,(H,27,28)(H,29,30). The van der Waals surface area contributed by atoms with Crippen LogP contribution in [-0.4, -0.2) is 46.1 Å². The van der Waals surface area contributed by atoms with E-state index >= 15 is 0 Å². The van der Waals surface area contributed by atoms with Crippen molar-refractivity contribution in [3.05, 3.63) is 29.3 Å². The number of amides is 1. The highest BCUT2D eigenvalue weighted by molar-refractivity contribution is 5.78. The van der Waals surface area contributed by atoms with E-state index in [0.717, 1.165) is 69.3 Å². The van der Waals surface area contributed by atoms with Crippen molar-refractivity contribution in [1.29, 1.82) is 0 Å². The van der Waals surface area contributed by atoms with Crippen LogP contribution >= 0.6 is 0 Å². The van der Waals surface area contributed by atoms with Crippen molar-refractivity contribution in [2.45, 2.75) is 65.7 Å². The molecule has 0 radical (unpaired) electrons. The number of halogens is 1. The molecule has 2 N–H and O–H groups in total. The summed E-state index contributed by atoms with van der Waals surface area (Å²) in [5.41, 5.74) is 4.26. The van der Waals surface area contributed by atoms with E-state index in [9.17, 15) is 9.18 Å². The molecule has 6 nitrogen and oxygen atoms in total. The second-order valence-corrected chi connectivity index (χ2v) is 10.4. The van der Waals surface area contributed by atoms with Gasteiger partial charge in [0, 0.05) is 48.9 Å². The van der Waals surface area contributed by atoms with Crippen LogP contribution in [0.4, 0.5) is 10.2 Å². The topological polar surface area (TPSA) is 73.9 Å². The third-order valence-electron chi connectivity index (χ3n) is 7.35. The predicted octanol–water partition coefficient (Wildman–Crippen LogP) is 4.82. The maximum Gasteiger partial charge on any atom is 0.225 e. The summed E-state index contributed by atoms with van der Waals surface area (Å²) >= 11 is 0. The van der Waals surface area contributed by atoms with Crippen molar-refractivity contribution in [2.75, 3.05) is 25.5 Å². The number of pyridine rings is 1. The van der Waals surface area contributed by atoms with Gasteiger partial charge in [0.2, 0.25) is 11.9 Å². The van der Waals surface area contributed by atoms with E-state index < -0.39 is 5.95 Å². The number of hydrogen-bond acceptors (Lipinski definition) is 4. The number of rotatable bonds is 6. The molecule has 0 aromatic carbocycles. The van der Waals surface area contributed by atoms with E-state index in [4.69, 9.17) is 0 Å². The third-order valence-corrected chi connectivity index (χ3v) is 7.35. The highest BCUT2D eigenvalue weighted by Gasteiger charge is 2.30. The molecule has 2 aromatic heterocycles. The van der Waals surface area contributed by atoms with E-state index in [1.165, 1.54) is 17.3 Å². The number of aromatic nitrogens is 3. The van der Waals surface area contributed by atoms with E-state index in [-0.39, 0.29) is 17.2 Å². The summed E-state index contributed by atoms with van der Waals surface area (Å²) in [5, 5.41) is 11.1. The van der Waals surface area contributed by atoms with Crippen LogP contribution < -0.4 is 5.32 Å². The molecule has 0 atom stereocenters. The van der Waals surface area contributed by atoms with Gasteiger partial charge in [-0.1, -0.05) is 13.8 Å². The maximum atomic E-state index is 14.4. The molecule has 1 saturated carbocycles. The highest BCUT2D eigenvalue weighted by Crippen LogP contribution is 2.38.